The normalized spacial score (nSPS) is 11.0. The van der Waals surface area contributed by atoms with Crippen LogP contribution in [0, 0.1) is 5.82 Å². The molecular weight excluding hydrogens is 391 g/mol. The van der Waals surface area contributed by atoms with E-state index in [1.165, 1.54) is 18.2 Å². The average Bonchev–Trinajstić information content (AvgIpc) is 2.73. The zero-order valence-corrected chi connectivity index (χ0v) is 18.7. The zero-order valence-electron chi connectivity index (χ0n) is 18.7. The Labute approximate surface area is 185 Å². The maximum Gasteiger partial charge on any atom is 0.228 e. The summed E-state index contributed by atoms with van der Waals surface area (Å²) in [4.78, 5) is 24.6. The van der Waals surface area contributed by atoms with Crippen LogP contribution in [-0.4, -0.2) is 11.7 Å². The molecule has 0 aromatic heterocycles. The summed E-state index contributed by atoms with van der Waals surface area (Å²) in [5, 5.41) is 2.79. The minimum absolute atomic E-state index is 0.0563. The highest BCUT2D eigenvalue weighted by Gasteiger charge is 2.20. The van der Waals surface area contributed by atoms with Gasteiger partial charge in [-0.25, -0.2) is 4.39 Å². The highest BCUT2D eigenvalue weighted by molar-refractivity contribution is 5.97. The molecule has 1 amide bonds. The molecule has 0 spiro atoms. The van der Waals surface area contributed by atoms with Gasteiger partial charge in [-0.2, -0.15) is 0 Å². The second-order valence-electron chi connectivity index (χ2n) is 6.91. The summed E-state index contributed by atoms with van der Waals surface area (Å²) < 4.78 is 14.5. The summed E-state index contributed by atoms with van der Waals surface area (Å²) in [5.74, 6) is -1.09. The summed E-state index contributed by atoms with van der Waals surface area (Å²) in [6, 6.07) is 9.61. The summed E-state index contributed by atoms with van der Waals surface area (Å²) in [6.07, 6.45) is 4.91. The number of benzene rings is 2. The van der Waals surface area contributed by atoms with E-state index in [1.54, 1.807) is 30.3 Å². The van der Waals surface area contributed by atoms with Crippen LogP contribution in [0.25, 0.3) is 11.1 Å². The van der Waals surface area contributed by atoms with Gasteiger partial charge in [0.05, 0.1) is 5.69 Å². The number of halogens is 1. The van der Waals surface area contributed by atoms with Crippen molar-refractivity contribution in [3.63, 3.8) is 0 Å². The monoisotopic (exact) mass is 424 g/mol. The molecule has 0 aliphatic carbocycles. The molecule has 2 rings (SSSR count). The van der Waals surface area contributed by atoms with Gasteiger partial charge in [0.25, 0.3) is 0 Å². The van der Waals surface area contributed by atoms with Crippen molar-refractivity contribution in [2.24, 2.45) is 0 Å². The lowest BCUT2D eigenvalue weighted by Gasteiger charge is -2.17. The molecular formula is C26H33FN2O2. The van der Waals surface area contributed by atoms with Crippen LogP contribution >= 0.6 is 0 Å². The number of nitrogens with one attached hydrogen (secondary N) is 1. The number of nitrogens with two attached hydrogens (primary N) is 1. The van der Waals surface area contributed by atoms with Crippen molar-refractivity contribution in [2.45, 2.75) is 52.4 Å². The maximum absolute atomic E-state index is 14.5. The third-order valence-electron chi connectivity index (χ3n) is 4.57. The molecule has 0 heterocycles. The van der Waals surface area contributed by atoms with Crippen molar-refractivity contribution in [2.75, 3.05) is 11.1 Å². The van der Waals surface area contributed by atoms with Crippen LogP contribution in [0.4, 0.5) is 15.8 Å². The molecule has 0 bridgehead atoms. The second kappa shape index (κ2) is 13.2. The van der Waals surface area contributed by atoms with Crippen molar-refractivity contribution in [1.82, 2.24) is 0 Å². The SMILES string of the molecule is C=CCC(=O)Nc1cc(N)ccc1-c1cc(F)cc(C(CC=C)C(=O)CCC)c1.CC. The first-order chi connectivity index (χ1) is 14.9. The van der Waals surface area contributed by atoms with E-state index in [4.69, 9.17) is 5.73 Å². The molecule has 4 nitrogen and oxygen atoms in total. The predicted octanol–water partition coefficient (Wildman–Crippen LogP) is 6.64. The minimum Gasteiger partial charge on any atom is -0.399 e. The van der Waals surface area contributed by atoms with Crippen molar-refractivity contribution >= 4 is 23.1 Å². The minimum atomic E-state index is -0.450. The van der Waals surface area contributed by atoms with Gasteiger partial charge < -0.3 is 11.1 Å². The molecule has 0 radical (unpaired) electrons. The van der Waals surface area contributed by atoms with Crippen LogP contribution in [0.5, 0.6) is 0 Å². The van der Waals surface area contributed by atoms with Gasteiger partial charge in [0.15, 0.2) is 0 Å². The van der Waals surface area contributed by atoms with E-state index in [9.17, 15) is 14.0 Å². The maximum atomic E-state index is 14.5. The highest BCUT2D eigenvalue weighted by atomic mass is 19.1. The van der Waals surface area contributed by atoms with Gasteiger partial charge in [-0.3, -0.25) is 9.59 Å². The van der Waals surface area contributed by atoms with E-state index in [0.29, 0.717) is 40.9 Å². The molecule has 2 aromatic rings. The molecule has 3 N–H and O–H groups in total. The van der Waals surface area contributed by atoms with E-state index >= 15 is 0 Å². The van der Waals surface area contributed by atoms with Crippen LogP contribution in [0.1, 0.15) is 57.9 Å². The Morgan fingerprint density at radius 2 is 1.84 bits per heavy atom. The largest absolute Gasteiger partial charge is 0.399 e. The second-order valence-corrected chi connectivity index (χ2v) is 6.91. The summed E-state index contributed by atoms with van der Waals surface area (Å²) in [5.41, 5.74) is 8.61. The van der Waals surface area contributed by atoms with E-state index in [-0.39, 0.29) is 18.1 Å². The number of amides is 1. The molecule has 1 atom stereocenters. The van der Waals surface area contributed by atoms with Crippen LogP contribution in [-0.2, 0) is 9.59 Å². The number of allylic oxidation sites excluding steroid dienone is 1. The molecule has 0 aliphatic heterocycles. The third-order valence-corrected chi connectivity index (χ3v) is 4.57. The molecule has 0 fully saturated rings. The Morgan fingerprint density at radius 3 is 2.45 bits per heavy atom. The summed E-state index contributed by atoms with van der Waals surface area (Å²) in [7, 11) is 0. The molecule has 0 saturated heterocycles. The predicted molar refractivity (Wildman–Crippen MR) is 129 cm³/mol. The van der Waals surface area contributed by atoms with E-state index in [2.05, 4.69) is 18.5 Å². The Hall–Kier alpha value is -3.21. The van der Waals surface area contributed by atoms with Gasteiger partial charge in [-0.05, 0) is 48.2 Å². The molecule has 2 aromatic carbocycles. The third kappa shape index (κ3) is 7.52. The van der Waals surface area contributed by atoms with E-state index < -0.39 is 11.7 Å². The highest BCUT2D eigenvalue weighted by Crippen LogP contribution is 2.34. The van der Waals surface area contributed by atoms with Gasteiger partial charge in [0.1, 0.15) is 11.6 Å². The van der Waals surface area contributed by atoms with Crippen molar-refractivity contribution in [3.05, 3.63) is 73.1 Å². The van der Waals surface area contributed by atoms with Gasteiger partial charge in [0, 0.05) is 30.0 Å². The molecule has 31 heavy (non-hydrogen) atoms. The van der Waals surface area contributed by atoms with Crippen molar-refractivity contribution in [1.29, 1.82) is 0 Å². The zero-order chi connectivity index (χ0) is 23.4. The number of nitrogen functional groups attached to an aromatic ring is 1. The van der Waals surface area contributed by atoms with Gasteiger partial charge in [-0.1, -0.05) is 45.1 Å². The lowest BCUT2D eigenvalue weighted by Crippen LogP contribution is -2.13. The number of ketones is 1. The quantitative estimate of drug-likeness (QED) is 0.331. The Bertz CT molecular complexity index is 922. The van der Waals surface area contributed by atoms with Crippen molar-refractivity contribution in [3.8, 4) is 11.1 Å². The molecule has 0 aliphatic rings. The lowest BCUT2D eigenvalue weighted by atomic mass is 9.87. The number of anilines is 2. The van der Waals surface area contributed by atoms with E-state index in [0.717, 1.165) is 6.42 Å². The van der Waals surface area contributed by atoms with Crippen LogP contribution in [0.15, 0.2) is 61.7 Å². The summed E-state index contributed by atoms with van der Waals surface area (Å²) in [6.45, 7) is 13.2. The first kappa shape index (κ1) is 25.8. The average molecular weight is 425 g/mol. The van der Waals surface area contributed by atoms with Crippen LogP contribution in [0.3, 0.4) is 0 Å². The lowest BCUT2D eigenvalue weighted by molar-refractivity contribution is -0.120. The standard InChI is InChI=1S/C24H27FN2O2.C2H6/c1-4-7-21(23(28)8-5-2)17-12-16(13-18(25)14-17)20-11-10-19(26)15-22(20)27-24(29)9-6-3;1-2/h4,6,10-15,21H,1,3,5,7-9,26H2,2H3,(H,27,29);1-2H3. The first-order valence-corrected chi connectivity index (χ1v) is 10.6. The van der Waals surface area contributed by atoms with Gasteiger partial charge in [0.2, 0.25) is 5.91 Å². The molecule has 5 heteroatoms. The fraction of sp³-hybridized carbons (Fsp3) is 0.308. The smallest absolute Gasteiger partial charge is 0.228 e. The van der Waals surface area contributed by atoms with Crippen LogP contribution in [0.2, 0.25) is 0 Å². The number of rotatable bonds is 10. The fourth-order valence-electron chi connectivity index (χ4n) is 3.26. The molecule has 166 valence electrons. The topological polar surface area (TPSA) is 72.2 Å². The number of hydrogen-bond donors (Lipinski definition) is 2. The molecule has 0 saturated carbocycles. The Kier molecular flexibility index (Phi) is 11.0. The summed E-state index contributed by atoms with van der Waals surface area (Å²) >= 11 is 0. The number of hydrogen-bond acceptors (Lipinski definition) is 3. The number of Topliss-reactive ketones (excluding diaryl/α,β-unsaturated/α-hetero) is 1. The Morgan fingerprint density at radius 1 is 1.13 bits per heavy atom. The van der Waals surface area contributed by atoms with Crippen molar-refractivity contribution < 1.29 is 14.0 Å². The van der Waals surface area contributed by atoms with Crippen LogP contribution < -0.4 is 11.1 Å². The first-order valence-electron chi connectivity index (χ1n) is 10.6. The van der Waals surface area contributed by atoms with E-state index in [1.807, 2.05) is 20.8 Å². The fourth-order valence-corrected chi connectivity index (χ4v) is 3.26. The number of carbonyl (C=O) groups excluding carboxylic acids is 2. The number of carbonyl (C=O) groups is 2. The Balaban J connectivity index is 0.00000233. The van der Waals surface area contributed by atoms with Gasteiger partial charge in [-0.15, -0.1) is 13.2 Å². The van der Waals surface area contributed by atoms with Gasteiger partial charge >= 0.3 is 0 Å². The molecule has 1 unspecified atom stereocenters.